The third-order valence-corrected chi connectivity index (χ3v) is 7.08. The van der Waals surface area contributed by atoms with Gasteiger partial charge in [-0.2, -0.15) is 5.26 Å². The highest BCUT2D eigenvalue weighted by molar-refractivity contribution is 8.00. The zero-order chi connectivity index (χ0) is 21.8. The number of amides is 2. The van der Waals surface area contributed by atoms with Gasteiger partial charge < -0.3 is 10.2 Å². The van der Waals surface area contributed by atoms with Crippen LogP contribution in [0.1, 0.15) is 17.5 Å². The SMILES string of the molecule is N#Cc1ccc(CSc2nnc(NC(=O)[C@H]3CC(=O)N(c4ccccc4Cl)C3)s2)cc1. The molecule has 0 saturated carbocycles. The van der Waals surface area contributed by atoms with E-state index in [1.165, 1.54) is 23.1 Å². The number of nitrogens with one attached hydrogen (secondary N) is 1. The second kappa shape index (κ2) is 9.47. The van der Waals surface area contributed by atoms with Crippen LogP contribution in [0.4, 0.5) is 10.8 Å². The molecule has 7 nitrogen and oxygen atoms in total. The Morgan fingerprint density at radius 3 is 2.77 bits per heavy atom. The van der Waals surface area contributed by atoms with Crippen LogP contribution in [0.25, 0.3) is 0 Å². The normalized spacial score (nSPS) is 15.7. The molecule has 0 spiro atoms. The van der Waals surface area contributed by atoms with Crippen LogP contribution in [0.5, 0.6) is 0 Å². The number of anilines is 2. The molecule has 31 heavy (non-hydrogen) atoms. The lowest BCUT2D eigenvalue weighted by molar-refractivity contribution is -0.122. The predicted molar refractivity (Wildman–Crippen MR) is 121 cm³/mol. The number of thioether (sulfide) groups is 1. The average molecular weight is 470 g/mol. The number of halogens is 1. The Morgan fingerprint density at radius 2 is 2.03 bits per heavy atom. The third kappa shape index (κ3) is 5.05. The number of hydrogen-bond donors (Lipinski definition) is 1. The summed E-state index contributed by atoms with van der Waals surface area (Å²) < 4.78 is 0.722. The van der Waals surface area contributed by atoms with E-state index in [0.29, 0.717) is 27.2 Å². The maximum absolute atomic E-state index is 12.7. The molecule has 156 valence electrons. The van der Waals surface area contributed by atoms with Gasteiger partial charge in [-0.3, -0.25) is 9.59 Å². The van der Waals surface area contributed by atoms with Gasteiger partial charge in [0, 0.05) is 18.7 Å². The molecule has 1 aliphatic rings. The van der Waals surface area contributed by atoms with E-state index in [9.17, 15) is 9.59 Å². The molecule has 1 aromatic heterocycles. The highest BCUT2D eigenvalue weighted by Crippen LogP contribution is 2.32. The number of para-hydroxylation sites is 1. The van der Waals surface area contributed by atoms with Gasteiger partial charge in [0.15, 0.2) is 4.34 Å². The molecule has 1 saturated heterocycles. The summed E-state index contributed by atoms with van der Waals surface area (Å²) in [7, 11) is 0. The minimum atomic E-state index is -0.484. The number of hydrogen-bond acceptors (Lipinski definition) is 7. The molecule has 4 rings (SSSR count). The fraction of sp³-hybridized carbons (Fsp3) is 0.190. The smallest absolute Gasteiger partial charge is 0.231 e. The lowest BCUT2D eigenvalue weighted by Gasteiger charge is -2.17. The second-order valence-electron chi connectivity index (χ2n) is 6.82. The van der Waals surface area contributed by atoms with Crippen molar-refractivity contribution in [2.75, 3.05) is 16.8 Å². The van der Waals surface area contributed by atoms with E-state index in [2.05, 4.69) is 21.6 Å². The van der Waals surface area contributed by atoms with Crippen molar-refractivity contribution in [3.05, 3.63) is 64.7 Å². The van der Waals surface area contributed by atoms with Gasteiger partial charge in [-0.15, -0.1) is 10.2 Å². The van der Waals surface area contributed by atoms with Crippen molar-refractivity contribution in [2.24, 2.45) is 5.92 Å². The monoisotopic (exact) mass is 469 g/mol. The zero-order valence-corrected chi connectivity index (χ0v) is 18.5. The van der Waals surface area contributed by atoms with Gasteiger partial charge in [0.1, 0.15) is 0 Å². The molecule has 1 aliphatic heterocycles. The van der Waals surface area contributed by atoms with Gasteiger partial charge in [-0.1, -0.05) is 59.0 Å². The van der Waals surface area contributed by atoms with Gasteiger partial charge in [-0.05, 0) is 29.8 Å². The fourth-order valence-corrected chi connectivity index (χ4v) is 5.08. The minimum Gasteiger partial charge on any atom is -0.310 e. The average Bonchev–Trinajstić information content (AvgIpc) is 3.39. The zero-order valence-electron chi connectivity index (χ0n) is 16.1. The molecule has 0 bridgehead atoms. The van der Waals surface area contributed by atoms with Crippen LogP contribution in [-0.2, 0) is 15.3 Å². The minimum absolute atomic E-state index is 0.121. The molecule has 10 heteroatoms. The highest BCUT2D eigenvalue weighted by atomic mass is 35.5. The van der Waals surface area contributed by atoms with E-state index in [-0.39, 0.29) is 24.8 Å². The van der Waals surface area contributed by atoms with Crippen LogP contribution in [0.3, 0.4) is 0 Å². The quantitative estimate of drug-likeness (QED) is 0.425. The van der Waals surface area contributed by atoms with Crippen LogP contribution < -0.4 is 10.2 Å². The number of rotatable bonds is 6. The Hall–Kier alpha value is -2.93. The summed E-state index contributed by atoms with van der Waals surface area (Å²) in [6, 6.07) is 16.5. The molecule has 1 atom stereocenters. The Balaban J connectivity index is 1.33. The molecule has 0 aliphatic carbocycles. The Morgan fingerprint density at radius 1 is 1.26 bits per heavy atom. The van der Waals surface area contributed by atoms with Gasteiger partial charge in [0.25, 0.3) is 0 Å². The molecular weight excluding hydrogens is 454 g/mol. The van der Waals surface area contributed by atoms with Crippen LogP contribution in [0.2, 0.25) is 5.02 Å². The first kappa shape index (κ1) is 21.3. The standard InChI is InChI=1S/C21H16ClN5O2S2/c22-16-3-1-2-4-17(16)27-11-15(9-18(27)28)19(29)24-20-25-26-21(31-20)30-12-14-7-5-13(10-23)6-8-14/h1-8,15H,9,11-12H2,(H,24,25,29)/t15-/m0/s1. The number of carbonyl (C=O) groups excluding carboxylic acids is 2. The van der Waals surface area contributed by atoms with Crippen molar-refractivity contribution in [1.29, 1.82) is 5.26 Å². The van der Waals surface area contributed by atoms with Gasteiger partial charge in [0.2, 0.25) is 16.9 Å². The predicted octanol–water partition coefficient (Wildman–Crippen LogP) is 4.35. The van der Waals surface area contributed by atoms with Crippen molar-refractivity contribution >= 4 is 57.3 Å². The van der Waals surface area contributed by atoms with Crippen molar-refractivity contribution < 1.29 is 9.59 Å². The van der Waals surface area contributed by atoms with E-state index in [4.69, 9.17) is 16.9 Å². The Labute approximate surface area is 192 Å². The molecule has 2 heterocycles. The topological polar surface area (TPSA) is 99.0 Å². The third-order valence-electron chi connectivity index (χ3n) is 4.72. The van der Waals surface area contributed by atoms with Crippen molar-refractivity contribution in [3.8, 4) is 6.07 Å². The Bertz CT molecular complexity index is 1160. The van der Waals surface area contributed by atoms with E-state index >= 15 is 0 Å². The maximum atomic E-state index is 12.7. The van der Waals surface area contributed by atoms with E-state index < -0.39 is 5.92 Å². The molecule has 0 unspecified atom stereocenters. The molecule has 1 N–H and O–H groups in total. The molecular formula is C21H16ClN5O2S2. The van der Waals surface area contributed by atoms with Crippen molar-refractivity contribution in [2.45, 2.75) is 16.5 Å². The van der Waals surface area contributed by atoms with E-state index in [1.54, 1.807) is 41.3 Å². The first-order valence-corrected chi connectivity index (χ1v) is 11.5. The summed E-state index contributed by atoms with van der Waals surface area (Å²) in [4.78, 5) is 26.6. The molecule has 2 aromatic carbocycles. The van der Waals surface area contributed by atoms with E-state index in [1.807, 2.05) is 12.1 Å². The van der Waals surface area contributed by atoms with E-state index in [0.717, 1.165) is 9.90 Å². The van der Waals surface area contributed by atoms with Gasteiger partial charge >= 0.3 is 0 Å². The summed E-state index contributed by atoms with van der Waals surface area (Å²) in [5, 5.41) is 20.6. The van der Waals surface area contributed by atoms with Crippen molar-refractivity contribution in [3.63, 3.8) is 0 Å². The van der Waals surface area contributed by atoms with Crippen molar-refractivity contribution in [1.82, 2.24) is 10.2 Å². The van der Waals surface area contributed by atoms with Crippen LogP contribution in [-0.4, -0.2) is 28.6 Å². The molecule has 0 radical (unpaired) electrons. The van der Waals surface area contributed by atoms with Crippen LogP contribution in [0.15, 0.2) is 52.9 Å². The first-order chi connectivity index (χ1) is 15.0. The number of nitriles is 1. The number of nitrogens with zero attached hydrogens (tertiary/aromatic N) is 4. The summed E-state index contributed by atoms with van der Waals surface area (Å²) in [6.45, 7) is 0.271. The molecule has 1 fully saturated rings. The maximum Gasteiger partial charge on any atom is 0.231 e. The lowest BCUT2D eigenvalue weighted by atomic mass is 10.1. The van der Waals surface area contributed by atoms with Crippen LogP contribution in [0, 0.1) is 17.2 Å². The largest absolute Gasteiger partial charge is 0.310 e. The van der Waals surface area contributed by atoms with Crippen LogP contribution >= 0.6 is 34.7 Å². The lowest BCUT2D eigenvalue weighted by Crippen LogP contribution is -2.28. The molecule has 3 aromatic rings. The Kier molecular flexibility index (Phi) is 6.51. The van der Waals surface area contributed by atoms with Gasteiger partial charge in [-0.25, -0.2) is 0 Å². The highest BCUT2D eigenvalue weighted by Gasteiger charge is 2.36. The number of benzene rings is 2. The fourth-order valence-electron chi connectivity index (χ4n) is 3.13. The summed E-state index contributed by atoms with van der Waals surface area (Å²) >= 11 is 8.98. The van der Waals surface area contributed by atoms with Gasteiger partial charge in [0.05, 0.1) is 28.3 Å². The number of carbonyl (C=O) groups is 2. The summed E-state index contributed by atoms with van der Waals surface area (Å²) in [5.41, 5.74) is 2.30. The first-order valence-electron chi connectivity index (χ1n) is 9.34. The molecule has 2 amide bonds. The summed E-state index contributed by atoms with van der Waals surface area (Å²) in [5.74, 6) is -0.202. The second-order valence-corrected chi connectivity index (χ2v) is 9.42. The summed E-state index contributed by atoms with van der Waals surface area (Å²) in [6.07, 6.45) is 0.121. The number of aromatic nitrogens is 2.